The number of rotatable bonds is 8. The van der Waals surface area contributed by atoms with E-state index in [-0.39, 0.29) is 16.7 Å². The number of anilines is 2. The number of nitrogens with zero attached hydrogens (tertiary/aromatic N) is 3. The molecule has 1 heterocycles. The summed E-state index contributed by atoms with van der Waals surface area (Å²) in [7, 11) is 3.38. The molecule has 1 saturated carbocycles. The molecule has 0 amide bonds. The Labute approximate surface area is 124 Å². The van der Waals surface area contributed by atoms with Gasteiger partial charge in [0.05, 0.1) is 11.5 Å². The van der Waals surface area contributed by atoms with Gasteiger partial charge in [-0.2, -0.15) is 0 Å². The average Bonchev–Trinajstić information content (AvgIpc) is 3.31. The van der Waals surface area contributed by atoms with Gasteiger partial charge < -0.3 is 15.0 Å². The van der Waals surface area contributed by atoms with Gasteiger partial charge in [-0.15, -0.1) is 0 Å². The largest absolute Gasteiger partial charge is 0.383 e. The molecule has 1 fully saturated rings. The second-order valence-electron chi connectivity index (χ2n) is 5.31. The van der Waals surface area contributed by atoms with Crippen LogP contribution in [-0.4, -0.2) is 43.3 Å². The summed E-state index contributed by atoms with van der Waals surface area (Å²) in [5, 5.41) is 14.2. The molecular formula is C14H22N4O3. The number of methoxy groups -OCH3 is 1. The van der Waals surface area contributed by atoms with E-state index in [0.717, 1.165) is 0 Å². The summed E-state index contributed by atoms with van der Waals surface area (Å²) in [6, 6.07) is 3.35. The van der Waals surface area contributed by atoms with Crippen LogP contribution in [0.3, 0.4) is 0 Å². The Morgan fingerprint density at radius 3 is 2.81 bits per heavy atom. The predicted molar refractivity (Wildman–Crippen MR) is 81.8 cm³/mol. The lowest BCUT2D eigenvalue weighted by molar-refractivity contribution is -0.384. The quantitative estimate of drug-likeness (QED) is 0.585. The molecule has 1 N–H and O–H groups in total. The van der Waals surface area contributed by atoms with Crippen LogP contribution in [0.2, 0.25) is 0 Å². The van der Waals surface area contributed by atoms with Gasteiger partial charge in [-0.1, -0.05) is 0 Å². The van der Waals surface area contributed by atoms with Gasteiger partial charge >= 0.3 is 5.69 Å². The first kappa shape index (κ1) is 15.5. The number of hydrogen-bond donors (Lipinski definition) is 1. The van der Waals surface area contributed by atoms with Gasteiger partial charge in [0.25, 0.3) is 0 Å². The van der Waals surface area contributed by atoms with Crippen molar-refractivity contribution in [2.24, 2.45) is 5.92 Å². The fraction of sp³-hybridized carbons (Fsp3) is 0.643. The monoisotopic (exact) mass is 294 g/mol. The molecule has 0 saturated heterocycles. The third-order valence-corrected chi connectivity index (χ3v) is 3.91. The second kappa shape index (κ2) is 6.71. The number of aromatic nitrogens is 1. The maximum Gasteiger partial charge on any atom is 0.311 e. The van der Waals surface area contributed by atoms with Crippen LogP contribution in [0, 0.1) is 16.0 Å². The molecule has 1 unspecified atom stereocenters. The van der Waals surface area contributed by atoms with Crippen molar-refractivity contribution in [1.82, 2.24) is 4.98 Å². The van der Waals surface area contributed by atoms with E-state index in [1.165, 1.54) is 18.9 Å². The normalized spacial score (nSPS) is 15.6. The molecule has 2 rings (SSSR count). The third kappa shape index (κ3) is 3.60. The molecule has 0 aliphatic heterocycles. The van der Waals surface area contributed by atoms with Crippen LogP contribution in [0.15, 0.2) is 12.1 Å². The summed E-state index contributed by atoms with van der Waals surface area (Å²) in [5.74, 6) is 1.63. The van der Waals surface area contributed by atoms with Crippen molar-refractivity contribution in [3.8, 4) is 0 Å². The Kier molecular flexibility index (Phi) is 4.95. The maximum atomic E-state index is 11.3. The summed E-state index contributed by atoms with van der Waals surface area (Å²) in [4.78, 5) is 17.3. The maximum absolute atomic E-state index is 11.3. The number of pyridine rings is 1. The van der Waals surface area contributed by atoms with Crippen LogP contribution in [-0.2, 0) is 4.74 Å². The number of ether oxygens (including phenoxy) is 1. The zero-order valence-electron chi connectivity index (χ0n) is 12.7. The first-order valence-electron chi connectivity index (χ1n) is 7.17. The van der Waals surface area contributed by atoms with Gasteiger partial charge in [0.2, 0.25) is 5.82 Å². The van der Waals surface area contributed by atoms with E-state index in [1.807, 2.05) is 4.90 Å². The molecule has 21 heavy (non-hydrogen) atoms. The van der Waals surface area contributed by atoms with E-state index >= 15 is 0 Å². The lowest BCUT2D eigenvalue weighted by Gasteiger charge is -2.30. The Morgan fingerprint density at radius 1 is 1.57 bits per heavy atom. The first-order valence-corrected chi connectivity index (χ1v) is 7.17. The SMILES string of the molecule is CNc1ccc([N+](=O)[O-])c(N(CCOC)C(C)C2CC2)n1. The van der Waals surface area contributed by atoms with Crippen molar-refractivity contribution in [3.05, 3.63) is 22.2 Å². The Hall–Kier alpha value is -1.89. The number of nitrogens with one attached hydrogen (secondary N) is 1. The highest BCUT2D eigenvalue weighted by Crippen LogP contribution is 2.38. The fourth-order valence-corrected chi connectivity index (χ4v) is 2.46. The van der Waals surface area contributed by atoms with Crippen LogP contribution in [0.25, 0.3) is 0 Å². The Morgan fingerprint density at radius 2 is 2.29 bits per heavy atom. The molecule has 1 aromatic rings. The van der Waals surface area contributed by atoms with Crippen LogP contribution >= 0.6 is 0 Å². The second-order valence-corrected chi connectivity index (χ2v) is 5.31. The molecule has 1 aliphatic rings. The van der Waals surface area contributed by atoms with Crippen molar-refractivity contribution in [2.45, 2.75) is 25.8 Å². The van der Waals surface area contributed by atoms with Gasteiger partial charge in [-0.05, 0) is 31.7 Å². The van der Waals surface area contributed by atoms with Crippen LogP contribution in [0.4, 0.5) is 17.3 Å². The summed E-state index contributed by atoms with van der Waals surface area (Å²) in [5.41, 5.74) is 0.0394. The van der Waals surface area contributed by atoms with E-state index in [9.17, 15) is 10.1 Å². The van der Waals surface area contributed by atoms with Crippen molar-refractivity contribution in [3.63, 3.8) is 0 Å². The molecule has 1 aliphatic carbocycles. The van der Waals surface area contributed by atoms with E-state index < -0.39 is 0 Å². The van der Waals surface area contributed by atoms with Gasteiger partial charge in [0.1, 0.15) is 5.82 Å². The molecule has 0 radical (unpaired) electrons. The van der Waals surface area contributed by atoms with E-state index in [2.05, 4.69) is 17.2 Å². The molecular weight excluding hydrogens is 272 g/mol. The van der Waals surface area contributed by atoms with E-state index in [1.54, 1.807) is 20.2 Å². The fourth-order valence-electron chi connectivity index (χ4n) is 2.46. The highest BCUT2D eigenvalue weighted by atomic mass is 16.6. The summed E-state index contributed by atoms with van der Waals surface area (Å²) in [6.45, 7) is 3.21. The van der Waals surface area contributed by atoms with Crippen molar-refractivity contribution < 1.29 is 9.66 Å². The average molecular weight is 294 g/mol. The number of hydrogen-bond acceptors (Lipinski definition) is 6. The van der Waals surface area contributed by atoms with Gasteiger partial charge in [-0.3, -0.25) is 10.1 Å². The number of nitro groups is 1. The Balaban J connectivity index is 2.37. The predicted octanol–water partition coefficient (Wildman–Crippen LogP) is 2.28. The smallest absolute Gasteiger partial charge is 0.311 e. The highest BCUT2D eigenvalue weighted by Gasteiger charge is 2.35. The molecule has 116 valence electrons. The minimum absolute atomic E-state index is 0.0394. The zero-order chi connectivity index (χ0) is 15.4. The van der Waals surface area contributed by atoms with Crippen molar-refractivity contribution in [1.29, 1.82) is 0 Å². The third-order valence-electron chi connectivity index (χ3n) is 3.91. The standard InChI is InChI=1S/C14H22N4O3/c1-10(11-4-5-11)17(8-9-21-3)14-12(18(19)20)6-7-13(15-2)16-14/h6-7,10-11H,4-5,8-9H2,1-3H3,(H,15,16). The summed E-state index contributed by atoms with van der Waals surface area (Å²) < 4.78 is 5.15. The molecule has 0 bridgehead atoms. The van der Waals surface area contributed by atoms with Gasteiger partial charge in [0, 0.05) is 32.8 Å². The first-order chi connectivity index (χ1) is 10.1. The van der Waals surface area contributed by atoms with E-state index in [4.69, 9.17) is 4.74 Å². The minimum Gasteiger partial charge on any atom is -0.383 e. The van der Waals surface area contributed by atoms with Crippen LogP contribution in [0.1, 0.15) is 19.8 Å². The molecule has 1 atom stereocenters. The van der Waals surface area contributed by atoms with Crippen LogP contribution < -0.4 is 10.2 Å². The minimum atomic E-state index is -0.374. The van der Waals surface area contributed by atoms with E-state index in [0.29, 0.717) is 30.7 Å². The lowest BCUT2D eigenvalue weighted by atomic mass is 10.1. The molecule has 7 nitrogen and oxygen atoms in total. The van der Waals surface area contributed by atoms with Gasteiger partial charge in [0.15, 0.2) is 0 Å². The Bertz CT molecular complexity index is 505. The van der Waals surface area contributed by atoms with Crippen molar-refractivity contribution >= 4 is 17.3 Å². The summed E-state index contributed by atoms with van der Waals surface area (Å²) >= 11 is 0. The van der Waals surface area contributed by atoms with Gasteiger partial charge in [-0.25, -0.2) is 4.98 Å². The lowest BCUT2D eigenvalue weighted by Crippen LogP contribution is -2.38. The topological polar surface area (TPSA) is 80.5 Å². The van der Waals surface area contributed by atoms with Crippen LogP contribution in [0.5, 0.6) is 0 Å². The zero-order valence-corrected chi connectivity index (χ0v) is 12.7. The molecule has 0 aromatic carbocycles. The van der Waals surface area contributed by atoms with Crippen molar-refractivity contribution in [2.75, 3.05) is 37.5 Å². The molecule has 7 heteroatoms. The highest BCUT2D eigenvalue weighted by molar-refractivity contribution is 5.62. The molecule has 0 spiro atoms. The summed E-state index contributed by atoms with van der Waals surface area (Å²) in [6.07, 6.45) is 2.34. The molecule has 1 aromatic heterocycles.